The lowest BCUT2D eigenvalue weighted by atomic mass is 10.2. The van der Waals surface area contributed by atoms with E-state index in [9.17, 15) is 4.79 Å². The van der Waals surface area contributed by atoms with Crippen molar-refractivity contribution in [1.82, 2.24) is 0 Å². The van der Waals surface area contributed by atoms with Crippen LogP contribution >= 0.6 is 0 Å². The summed E-state index contributed by atoms with van der Waals surface area (Å²) in [6.07, 6.45) is 1.56. The monoisotopic (exact) mass is 251 g/mol. The highest BCUT2D eigenvalue weighted by molar-refractivity contribution is 5.79. The van der Waals surface area contributed by atoms with Gasteiger partial charge >= 0.3 is 5.97 Å². The maximum absolute atomic E-state index is 11.1. The number of esters is 1. The second-order valence-corrected chi connectivity index (χ2v) is 3.73. The van der Waals surface area contributed by atoms with Gasteiger partial charge in [-0.25, -0.2) is 0 Å². The minimum atomic E-state index is -0.336. The smallest absolute Gasteiger partial charge is 0.311 e. The normalized spacial score (nSPS) is 12.2. The van der Waals surface area contributed by atoms with E-state index < -0.39 is 0 Å². The summed E-state index contributed by atoms with van der Waals surface area (Å²) in [5, 5.41) is 3.79. The van der Waals surface area contributed by atoms with Crippen LogP contribution in [0.5, 0.6) is 5.75 Å². The molecule has 0 aliphatic carbocycles. The third-order valence-corrected chi connectivity index (χ3v) is 2.30. The summed E-state index contributed by atoms with van der Waals surface area (Å²) >= 11 is 0. The Kier molecular flexibility index (Phi) is 5.70. The quantitative estimate of drug-likeness (QED) is 0.440. The summed E-state index contributed by atoms with van der Waals surface area (Å²) in [5.41, 5.74) is 0.861. The average Bonchev–Trinajstić information content (AvgIpc) is 2.42. The van der Waals surface area contributed by atoms with E-state index in [0.29, 0.717) is 0 Å². The van der Waals surface area contributed by atoms with Gasteiger partial charge in [0, 0.05) is 0 Å². The number of hydrogen-bond acceptors (Lipinski definition) is 5. The third-order valence-electron chi connectivity index (χ3n) is 2.30. The van der Waals surface area contributed by atoms with Gasteiger partial charge in [-0.1, -0.05) is 17.3 Å². The Morgan fingerprint density at radius 1 is 1.44 bits per heavy atom. The Morgan fingerprint density at radius 3 is 2.89 bits per heavy atom. The first-order valence-corrected chi connectivity index (χ1v) is 5.54. The SMILES string of the molecule is COC(=O)[C@@H](C)CO/N=C/c1cccc(OC)c1. The number of oxime groups is 1. The van der Waals surface area contributed by atoms with Crippen molar-refractivity contribution in [1.29, 1.82) is 0 Å². The highest BCUT2D eigenvalue weighted by Crippen LogP contribution is 2.10. The average molecular weight is 251 g/mol. The van der Waals surface area contributed by atoms with Crippen molar-refractivity contribution in [2.45, 2.75) is 6.92 Å². The van der Waals surface area contributed by atoms with Crippen LogP contribution in [0.1, 0.15) is 12.5 Å². The van der Waals surface area contributed by atoms with Gasteiger partial charge in [0.1, 0.15) is 12.4 Å². The van der Waals surface area contributed by atoms with Crippen LogP contribution in [-0.4, -0.2) is 33.0 Å². The molecule has 0 N–H and O–H groups in total. The lowest BCUT2D eigenvalue weighted by Gasteiger charge is -2.06. The summed E-state index contributed by atoms with van der Waals surface area (Å²) in [4.78, 5) is 16.1. The molecule has 0 saturated heterocycles. The zero-order valence-electron chi connectivity index (χ0n) is 10.8. The van der Waals surface area contributed by atoms with E-state index in [-0.39, 0.29) is 18.5 Å². The predicted octanol–water partition coefficient (Wildman–Crippen LogP) is 1.85. The summed E-state index contributed by atoms with van der Waals surface area (Å²) in [5.74, 6) is 0.103. The molecule has 0 aliphatic heterocycles. The van der Waals surface area contributed by atoms with Gasteiger partial charge in [0.15, 0.2) is 0 Å². The third kappa shape index (κ3) is 4.45. The van der Waals surface area contributed by atoms with Crippen LogP contribution in [0.3, 0.4) is 0 Å². The van der Waals surface area contributed by atoms with Gasteiger partial charge in [-0.15, -0.1) is 0 Å². The molecule has 0 radical (unpaired) electrons. The van der Waals surface area contributed by atoms with E-state index in [4.69, 9.17) is 9.57 Å². The van der Waals surface area contributed by atoms with E-state index >= 15 is 0 Å². The fourth-order valence-corrected chi connectivity index (χ4v) is 1.24. The molecule has 0 fully saturated rings. The Labute approximate surface area is 106 Å². The molecule has 0 aromatic heterocycles. The first-order chi connectivity index (χ1) is 8.67. The summed E-state index contributed by atoms with van der Waals surface area (Å²) in [6.45, 7) is 1.90. The van der Waals surface area contributed by atoms with Crippen LogP contribution < -0.4 is 4.74 Å². The van der Waals surface area contributed by atoms with Crippen LogP contribution in [0.4, 0.5) is 0 Å². The number of ether oxygens (including phenoxy) is 2. The molecule has 0 unspecified atom stereocenters. The molecule has 1 aromatic rings. The molecule has 18 heavy (non-hydrogen) atoms. The number of carbonyl (C=O) groups excluding carboxylic acids is 1. The highest BCUT2D eigenvalue weighted by atomic mass is 16.6. The van der Waals surface area contributed by atoms with Crippen molar-refractivity contribution in [3.05, 3.63) is 29.8 Å². The molecular formula is C13H17NO4. The van der Waals surface area contributed by atoms with Crippen molar-refractivity contribution in [3.8, 4) is 5.75 Å². The predicted molar refractivity (Wildman–Crippen MR) is 67.7 cm³/mol. The molecule has 0 amide bonds. The van der Waals surface area contributed by atoms with E-state index in [1.807, 2.05) is 24.3 Å². The van der Waals surface area contributed by atoms with Crippen molar-refractivity contribution in [2.24, 2.45) is 11.1 Å². The summed E-state index contributed by atoms with van der Waals surface area (Å²) < 4.78 is 9.65. The molecule has 5 heteroatoms. The molecule has 0 bridgehead atoms. The standard InChI is InChI=1S/C13H17NO4/c1-10(13(15)17-3)9-18-14-8-11-5-4-6-12(7-11)16-2/h4-8,10H,9H2,1-3H3/b14-8+/t10-/m0/s1. The van der Waals surface area contributed by atoms with Gasteiger partial charge in [-0.05, 0) is 24.6 Å². The number of carbonyl (C=O) groups is 1. The fourth-order valence-electron chi connectivity index (χ4n) is 1.24. The van der Waals surface area contributed by atoms with Crippen molar-refractivity contribution in [2.75, 3.05) is 20.8 Å². The van der Waals surface area contributed by atoms with Gasteiger partial charge < -0.3 is 14.3 Å². The van der Waals surface area contributed by atoms with Gasteiger partial charge in [-0.3, -0.25) is 4.79 Å². The number of rotatable bonds is 6. The lowest BCUT2D eigenvalue weighted by Crippen LogP contribution is -2.17. The molecule has 1 atom stereocenters. The van der Waals surface area contributed by atoms with Crippen LogP contribution in [0, 0.1) is 5.92 Å². The first-order valence-electron chi connectivity index (χ1n) is 5.54. The largest absolute Gasteiger partial charge is 0.497 e. The fraction of sp³-hybridized carbons (Fsp3) is 0.385. The number of benzene rings is 1. The number of hydrogen-bond donors (Lipinski definition) is 0. The van der Waals surface area contributed by atoms with Gasteiger partial charge in [-0.2, -0.15) is 0 Å². The molecule has 1 aromatic carbocycles. The van der Waals surface area contributed by atoms with Crippen LogP contribution in [0.2, 0.25) is 0 Å². The highest BCUT2D eigenvalue weighted by Gasteiger charge is 2.12. The minimum Gasteiger partial charge on any atom is -0.497 e. The van der Waals surface area contributed by atoms with E-state index in [1.54, 1.807) is 20.2 Å². The number of methoxy groups -OCH3 is 2. The zero-order valence-corrected chi connectivity index (χ0v) is 10.8. The Bertz CT molecular complexity index is 417. The molecule has 98 valence electrons. The Hall–Kier alpha value is -2.04. The second kappa shape index (κ2) is 7.32. The van der Waals surface area contributed by atoms with Crippen molar-refractivity contribution in [3.63, 3.8) is 0 Å². The van der Waals surface area contributed by atoms with E-state index in [2.05, 4.69) is 9.89 Å². The maximum atomic E-state index is 11.1. The lowest BCUT2D eigenvalue weighted by molar-refractivity contribution is -0.146. The molecule has 1 rings (SSSR count). The molecule has 0 spiro atoms. The van der Waals surface area contributed by atoms with E-state index in [1.165, 1.54) is 7.11 Å². The first kappa shape index (κ1) is 14.0. The Morgan fingerprint density at radius 2 is 2.22 bits per heavy atom. The maximum Gasteiger partial charge on any atom is 0.311 e. The molecule has 0 heterocycles. The summed E-state index contributed by atoms with van der Waals surface area (Å²) in [7, 11) is 2.95. The van der Waals surface area contributed by atoms with Crippen LogP contribution in [-0.2, 0) is 14.4 Å². The summed E-state index contributed by atoms with van der Waals surface area (Å²) in [6, 6.07) is 7.41. The molecular weight excluding hydrogens is 234 g/mol. The van der Waals surface area contributed by atoms with Gasteiger partial charge in [0.05, 0.1) is 26.4 Å². The topological polar surface area (TPSA) is 57.1 Å². The van der Waals surface area contributed by atoms with Crippen LogP contribution in [0.25, 0.3) is 0 Å². The molecule has 0 aliphatic rings. The van der Waals surface area contributed by atoms with Crippen molar-refractivity contribution < 1.29 is 19.1 Å². The van der Waals surface area contributed by atoms with Gasteiger partial charge in [0.25, 0.3) is 0 Å². The zero-order chi connectivity index (χ0) is 13.4. The van der Waals surface area contributed by atoms with Crippen molar-refractivity contribution >= 4 is 12.2 Å². The number of nitrogens with zero attached hydrogens (tertiary/aromatic N) is 1. The molecule has 5 nitrogen and oxygen atoms in total. The Balaban J connectivity index is 2.42. The van der Waals surface area contributed by atoms with E-state index in [0.717, 1.165) is 11.3 Å². The van der Waals surface area contributed by atoms with Gasteiger partial charge in [0.2, 0.25) is 0 Å². The minimum absolute atomic E-state index is 0.188. The molecule has 0 saturated carbocycles. The van der Waals surface area contributed by atoms with Crippen LogP contribution in [0.15, 0.2) is 29.4 Å². The second-order valence-electron chi connectivity index (χ2n) is 3.73.